The minimum atomic E-state index is -2.30. The second-order valence-electron chi connectivity index (χ2n) is 21.1. The van der Waals surface area contributed by atoms with Gasteiger partial charge in [0.2, 0.25) is 0 Å². The smallest absolute Gasteiger partial charge is 0.311 e. The van der Waals surface area contributed by atoms with Crippen molar-refractivity contribution < 1.29 is 27.5 Å². The van der Waals surface area contributed by atoms with Crippen LogP contribution in [0.3, 0.4) is 0 Å². The van der Waals surface area contributed by atoms with Gasteiger partial charge in [-0.3, -0.25) is 4.79 Å². The summed E-state index contributed by atoms with van der Waals surface area (Å²) < 4.78 is 35.4. The Hall–Kier alpha value is 0.171. The number of ether oxygens (including phenoxy) is 2. The largest absolute Gasteiger partial charge is 0.465 e. The molecule has 0 saturated carbocycles. The Morgan fingerprint density at radius 2 is 1.29 bits per heavy atom. The fraction of sp³-hybridized carbons (Fsp3) is 0.878. The molecule has 7 atom stereocenters. The molecule has 1 aliphatic rings. The van der Waals surface area contributed by atoms with Crippen molar-refractivity contribution in [1.82, 2.24) is 0 Å². The van der Waals surface area contributed by atoms with E-state index in [4.69, 9.17) is 29.3 Å². The molecule has 10 heteroatoms. The van der Waals surface area contributed by atoms with Crippen LogP contribution in [-0.4, -0.2) is 72.5 Å². The maximum Gasteiger partial charge on any atom is 0.311 e. The lowest BCUT2D eigenvalue weighted by molar-refractivity contribution is -0.154. The van der Waals surface area contributed by atoms with Crippen molar-refractivity contribution in [1.29, 1.82) is 0 Å². The SMILES string of the molecule is C=C(/C=C(\C)[C@@H](C)[C@H](CI)O[Si](C)(C)C(C)(C)C)[C@@H](O[Si](C)(C)C(C)(C)C)[C@@H](O[Si](C)(C)C(C)(C)C)[C@H]1C[C@@H](C)[C@H](CCOC(=O)C(C)(C)C)O1. The quantitative estimate of drug-likeness (QED) is 0.0506. The van der Waals surface area contributed by atoms with Gasteiger partial charge in [0.05, 0.1) is 36.4 Å². The standard InChI is InChI=1S/C41H81IO6Si3/c1-28(31(4)34(27-42)46-49(17,18)39(8,9)10)25-30(3)35(47-50(19,20)40(11,12)13)36(48-51(21,22)41(14,15)16)33-26-29(2)32(45-33)23-24-44-37(43)38(5,6)7/h25,29,31-36H,3,23-24,26-27H2,1-2,4-22H3/b28-25+/t29-,31-,32+,33-,34+,35-,36+/m1/s1. The molecule has 0 amide bonds. The average Bonchev–Trinajstić information content (AvgIpc) is 3.30. The summed E-state index contributed by atoms with van der Waals surface area (Å²) in [6.45, 7) is 52.1. The van der Waals surface area contributed by atoms with E-state index in [9.17, 15) is 4.79 Å². The molecule has 0 N–H and O–H groups in total. The van der Waals surface area contributed by atoms with Crippen molar-refractivity contribution >= 4 is 53.5 Å². The van der Waals surface area contributed by atoms with Gasteiger partial charge in [-0.2, -0.15) is 0 Å². The van der Waals surface area contributed by atoms with Gasteiger partial charge in [-0.25, -0.2) is 0 Å². The first-order chi connectivity index (χ1) is 22.6. The number of rotatable bonds is 16. The summed E-state index contributed by atoms with van der Waals surface area (Å²) in [4.78, 5) is 12.5. The number of alkyl halides is 1. The number of carbonyl (C=O) groups is 1. The van der Waals surface area contributed by atoms with Gasteiger partial charge < -0.3 is 22.8 Å². The van der Waals surface area contributed by atoms with Crippen molar-refractivity contribution in [2.75, 3.05) is 11.0 Å². The lowest BCUT2D eigenvalue weighted by atomic mass is 9.91. The minimum absolute atomic E-state index is 0.00620. The molecule has 0 aromatic heterocycles. The Bertz CT molecular complexity index is 1190. The van der Waals surface area contributed by atoms with Crippen LogP contribution in [-0.2, 0) is 27.5 Å². The summed E-state index contributed by atoms with van der Waals surface area (Å²) in [5.74, 6) is 0.313. The van der Waals surface area contributed by atoms with E-state index in [1.807, 2.05) is 20.8 Å². The molecule has 0 aliphatic carbocycles. The Morgan fingerprint density at radius 3 is 1.73 bits per heavy atom. The zero-order chi connectivity index (χ0) is 40.3. The van der Waals surface area contributed by atoms with Crippen molar-refractivity contribution in [2.24, 2.45) is 17.3 Å². The topological polar surface area (TPSA) is 63.2 Å². The second kappa shape index (κ2) is 18.0. The summed E-state index contributed by atoms with van der Waals surface area (Å²) in [5, 5.41) is 0.123. The van der Waals surface area contributed by atoms with Gasteiger partial charge in [0.25, 0.3) is 0 Å². The van der Waals surface area contributed by atoms with Crippen molar-refractivity contribution in [3.63, 3.8) is 0 Å². The fourth-order valence-corrected chi connectivity index (χ4v) is 10.6. The van der Waals surface area contributed by atoms with Crippen LogP contribution in [0.4, 0.5) is 0 Å². The Kier molecular flexibility index (Phi) is 17.3. The first-order valence-electron chi connectivity index (χ1n) is 19.4. The summed E-state index contributed by atoms with van der Waals surface area (Å²) in [6.07, 6.45) is 2.95. The molecule has 0 radical (unpaired) electrons. The van der Waals surface area contributed by atoms with E-state index < -0.39 is 30.4 Å². The highest BCUT2D eigenvalue weighted by Gasteiger charge is 2.50. The van der Waals surface area contributed by atoms with Crippen molar-refractivity contribution in [3.05, 3.63) is 23.8 Å². The summed E-state index contributed by atoms with van der Waals surface area (Å²) >= 11 is 2.49. The molecule has 0 aromatic rings. The highest BCUT2D eigenvalue weighted by molar-refractivity contribution is 14.1. The Labute approximate surface area is 332 Å². The molecule has 1 heterocycles. The summed E-state index contributed by atoms with van der Waals surface area (Å²) in [5.41, 5.74) is 1.65. The first kappa shape index (κ1) is 49.2. The van der Waals surface area contributed by atoms with Gasteiger partial charge >= 0.3 is 5.97 Å². The predicted molar refractivity (Wildman–Crippen MR) is 235 cm³/mol. The number of hydrogen-bond donors (Lipinski definition) is 0. The highest BCUT2D eigenvalue weighted by Crippen LogP contribution is 2.45. The lowest BCUT2D eigenvalue weighted by Crippen LogP contribution is -2.55. The molecular formula is C41H81IO6Si3. The third-order valence-corrected chi connectivity index (χ3v) is 26.7. The van der Waals surface area contributed by atoms with E-state index in [-0.39, 0.29) is 63.4 Å². The number of halogens is 1. The fourth-order valence-electron chi connectivity index (χ4n) is 5.30. The Morgan fingerprint density at radius 1 is 0.843 bits per heavy atom. The van der Waals surface area contributed by atoms with E-state index in [1.165, 1.54) is 5.57 Å². The van der Waals surface area contributed by atoms with E-state index in [2.05, 4.69) is 151 Å². The molecule has 1 saturated heterocycles. The highest BCUT2D eigenvalue weighted by atomic mass is 127. The van der Waals surface area contributed by atoms with Crippen LogP contribution in [0.1, 0.15) is 117 Å². The molecule has 1 fully saturated rings. The van der Waals surface area contributed by atoms with Crippen molar-refractivity contribution in [3.8, 4) is 0 Å². The molecule has 6 nitrogen and oxygen atoms in total. The van der Waals surface area contributed by atoms with Crippen LogP contribution in [0.25, 0.3) is 0 Å². The van der Waals surface area contributed by atoms with Gasteiger partial charge in [-0.1, -0.05) is 117 Å². The first-order valence-corrected chi connectivity index (χ1v) is 29.6. The Balaban J connectivity index is 3.70. The normalized spacial score (nSPS) is 22.8. The van der Waals surface area contributed by atoms with E-state index in [1.54, 1.807) is 0 Å². The van der Waals surface area contributed by atoms with Gasteiger partial charge in [-0.15, -0.1) is 0 Å². The molecule has 0 aromatic carbocycles. The van der Waals surface area contributed by atoms with Gasteiger partial charge in [0.15, 0.2) is 25.0 Å². The maximum absolute atomic E-state index is 12.5. The van der Waals surface area contributed by atoms with Crippen molar-refractivity contribution in [2.45, 2.75) is 202 Å². The molecule has 300 valence electrons. The zero-order valence-electron chi connectivity index (χ0n) is 37.0. The summed E-state index contributed by atoms with van der Waals surface area (Å²) in [6, 6.07) is 0. The lowest BCUT2D eigenvalue weighted by Gasteiger charge is -2.47. The minimum Gasteiger partial charge on any atom is -0.465 e. The molecule has 0 bridgehead atoms. The van der Waals surface area contributed by atoms with Gasteiger partial charge in [-0.05, 0) is 100 Å². The number of carbonyl (C=O) groups excluding carboxylic acids is 1. The van der Waals surface area contributed by atoms with E-state index in [0.29, 0.717) is 13.0 Å². The van der Waals surface area contributed by atoms with Gasteiger partial charge in [0, 0.05) is 16.8 Å². The molecule has 0 spiro atoms. The van der Waals surface area contributed by atoms with Crippen LogP contribution in [0, 0.1) is 17.3 Å². The third kappa shape index (κ3) is 13.7. The van der Waals surface area contributed by atoms with Crippen LogP contribution < -0.4 is 0 Å². The monoisotopic (exact) mass is 880 g/mol. The number of hydrogen-bond acceptors (Lipinski definition) is 6. The maximum atomic E-state index is 12.5. The molecule has 1 rings (SSSR count). The number of esters is 1. The van der Waals surface area contributed by atoms with Crippen LogP contribution in [0.15, 0.2) is 23.8 Å². The molecule has 0 unspecified atom stereocenters. The van der Waals surface area contributed by atoms with E-state index >= 15 is 0 Å². The molecule has 1 aliphatic heterocycles. The van der Waals surface area contributed by atoms with Crippen LogP contribution >= 0.6 is 22.6 Å². The van der Waals surface area contributed by atoms with Gasteiger partial charge in [0.1, 0.15) is 6.10 Å². The van der Waals surface area contributed by atoms with E-state index in [0.717, 1.165) is 16.4 Å². The molecular weight excluding hydrogens is 800 g/mol. The second-order valence-corrected chi connectivity index (χ2v) is 36.2. The third-order valence-electron chi connectivity index (χ3n) is 12.4. The summed E-state index contributed by atoms with van der Waals surface area (Å²) in [7, 11) is -6.56. The van der Waals surface area contributed by atoms with Crippen LogP contribution in [0.5, 0.6) is 0 Å². The molecule has 51 heavy (non-hydrogen) atoms. The zero-order valence-corrected chi connectivity index (χ0v) is 42.1. The predicted octanol–water partition coefficient (Wildman–Crippen LogP) is 12.5. The average molecular weight is 881 g/mol. The van der Waals surface area contributed by atoms with Crippen LogP contribution in [0.2, 0.25) is 54.4 Å².